The van der Waals surface area contributed by atoms with Crippen LogP contribution in [-0.2, 0) is 18.4 Å². The molecule has 0 bridgehead atoms. The summed E-state index contributed by atoms with van der Waals surface area (Å²) in [6.45, 7) is 9.94. The molecule has 0 radical (unpaired) electrons. The third-order valence-corrected chi connectivity index (χ3v) is 6.31. The summed E-state index contributed by atoms with van der Waals surface area (Å²) in [4.78, 5) is 14.6. The second kappa shape index (κ2) is 6.76. The second-order valence-electron chi connectivity index (χ2n) is 6.55. The Balaban J connectivity index is 2.45. The number of carbonyl (C=O) groups excluding carboxylic acids is 1. The monoisotopic (exact) mass is 339 g/mol. The molecule has 0 N–H and O–H groups in total. The molecule has 1 heterocycles. The Morgan fingerprint density at radius 3 is 2.04 bits per heavy atom. The lowest BCUT2D eigenvalue weighted by Crippen LogP contribution is -2.65. The van der Waals surface area contributed by atoms with Gasteiger partial charge < -0.3 is 13.9 Å². The lowest BCUT2D eigenvalue weighted by atomic mass is 9.87. The van der Waals surface area contributed by atoms with Gasteiger partial charge in [0.1, 0.15) is 0 Å². The van der Waals surface area contributed by atoms with Gasteiger partial charge in [-0.2, -0.15) is 0 Å². The van der Waals surface area contributed by atoms with Crippen LogP contribution in [0, 0.1) is 0 Å². The Bertz CT molecular complexity index is 586. The molecule has 1 unspecified atom stereocenters. The number of nitrogens with zero attached hydrogens (tertiary/aromatic N) is 1. The summed E-state index contributed by atoms with van der Waals surface area (Å²) in [6.07, 6.45) is 0. The summed E-state index contributed by atoms with van der Waals surface area (Å²) < 4.78 is 24.1. The Hall–Kier alpha value is -1.16. The van der Waals surface area contributed by atoms with Crippen molar-refractivity contribution >= 4 is 13.5 Å². The largest absolute Gasteiger partial charge is 0.345 e. The van der Waals surface area contributed by atoms with Gasteiger partial charge in [-0.15, -0.1) is 0 Å². The van der Waals surface area contributed by atoms with Crippen molar-refractivity contribution in [2.75, 3.05) is 13.2 Å². The predicted molar refractivity (Wildman–Crippen MR) is 90.4 cm³/mol. The number of carbonyl (C=O) groups is 1. The van der Waals surface area contributed by atoms with Crippen LogP contribution in [0.3, 0.4) is 0 Å². The molecule has 1 amide bonds. The van der Waals surface area contributed by atoms with Crippen molar-refractivity contribution in [2.45, 2.75) is 51.9 Å². The molecule has 0 saturated carbocycles. The van der Waals surface area contributed by atoms with E-state index < -0.39 is 13.3 Å². The van der Waals surface area contributed by atoms with Crippen LogP contribution in [-0.4, -0.2) is 35.2 Å². The van der Waals surface area contributed by atoms with E-state index in [4.69, 9.17) is 9.05 Å². The van der Waals surface area contributed by atoms with Crippen molar-refractivity contribution in [3.63, 3.8) is 0 Å². The zero-order valence-electron chi connectivity index (χ0n) is 14.5. The number of likely N-dealkylation sites (tertiary alicyclic amines) is 1. The molecule has 128 valence electrons. The second-order valence-corrected chi connectivity index (χ2v) is 8.71. The first-order valence-corrected chi connectivity index (χ1v) is 9.64. The van der Waals surface area contributed by atoms with Crippen LogP contribution < -0.4 is 0 Å². The molecule has 23 heavy (non-hydrogen) atoms. The Morgan fingerprint density at radius 2 is 1.61 bits per heavy atom. The molecule has 0 spiro atoms. The van der Waals surface area contributed by atoms with Gasteiger partial charge in [0.15, 0.2) is 5.66 Å². The number of β-lactam (4-membered cyclic amide) rings is 1. The van der Waals surface area contributed by atoms with Gasteiger partial charge in [0, 0.05) is 5.54 Å². The van der Waals surface area contributed by atoms with E-state index in [0.29, 0.717) is 0 Å². The van der Waals surface area contributed by atoms with E-state index in [-0.39, 0.29) is 30.7 Å². The van der Waals surface area contributed by atoms with E-state index in [1.54, 1.807) is 18.7 Å². The zero-order chi connectivity index (χ0) is 17.3. The normalized spacial score (nSPS) is 22.1. The van der Waals surface area contributed by atoms with Gasteiger partial charge in [-0.25, -0.2) is 0 Å². The smallest absolute Gasteiger partial charge is 0.328 e. The fraction of sp³-hybridized carbons (Fsp3) is 0.588. The summed E-state index contributed by atoms with van der Waals surface area (Å²) in [5, 5.41) is 0. The molecular weight excluding hydrogens is 313 g/mol. The SMILES string of the molecule is CCOP(=O)(OCC)[C@H]1C(=O)N(C(C)(C)C)C1c1ccccc1. The van der Waals surface area contributed by atoms with Gasteiger partial charge in [0.05, 0.1) is 19.3 Å². The molecule has 2 atom stereocenters. The minimum atomic E-state index is -3.50. The van der Waals surface area contributed by atoms with Crippen molar-refractivity contribution in [3.8, 4) is 0 Å². The Kier molecular flexibility index (Phi) is 5.34. The third kappa shape index (κ3) is 3.37. The average molecular weight is 339 g/mol. The van der Waals surface area contributed by atoms with Gasteiger partial charge >= 0.3 is 7.60 Å². The average Bonchev–Trinajstić information content (AvgIpc) is 2.44. The molecule has 1 saturated heterocycles. The van der Waals surface area contributed by atoms with E-state index >= 15 is 0 Å². The molecule has 1 aliphatic heterocycles. The lowest BCUT2D eigenvalue weighted by molar-refractivity contribution is -0.154. The highest BCUT2D eigenvalue weighted by molar-refractivity contribution is 7.56. The van der Waals surface area contributed by atoms with Crippen molar-refractivity contribution < 1.29 is 18.4 Å². The molecular formula is C17H26NO4P. The quantitative estimate of drug-likeness (QED) is 0.580. The number of hydrogen-bond donors (Lipinski definition) is 0. The van der Waals surface area contributed by atoms with E-state index in [0.717, 1.165) is 5.56 Å². The van der Waals surface area contributed by atoms with E-state index in [9.17, 15) is 9.36 Å². The van der Waals surface area contributed by atoms with Crippen LogP contribution in [0.2, 0.25) is 0 Å². The molecule has 1 aliphatic rings. The first-order chi connectivity index (χ1) is 10.8. The van der Waals surface area contributed by atoms with Crippen LogP contribution >= 0.6 is 7.60 Å². The third-order valence-electron chi connectivity index (χ3n) is 3.89. The summed E-state index contributed by atoms with van der Waals surface area (Å²) in [5.74, 6) is -0.170. The molecule has 1 aromatic carbocycles. The summed E-state index contributed by atoms with van der Waals surface area (Å²) in [7, 11) is -3.50. The first kappa shape index (κ1) is 18.2. The van der Waals surface area contributed by atoms with Crippen LogP contribution in [0.1, 0.15) is 46.2 Å². The molecule has 6 heteroatoms. The maximum Gasteiger partial charge on any atom is 0.345 e. The lowest BCUT2D eigenvalue weighted by Gasteiger charge is -2.54. The molecule has 1 fully saturated rings. The maximum atomic E-state index is 13.2. The van der Waals surface area contributed by atoms with Gasteiger partial charge in [-0.1, -0.05) is 30.3 Å². The Labute approximate surface area is 138 Å². The van der Waals surface area contributed by atoms with Crippen molar-refractivity contribution in [3.05, 3.63) is 35.9 Å². The molecule has 2 rings (SSSR count). The standard InChI is InChI=1S/C17H26NO4P/c1-6-21-23(20,22-7-2)15-14(13-11-9-8-10-12-13)18(16(15)19)17(3,4)5/h8-12,14-15H,6-7H2,1-5H3/t14?,15-/m1/s1. The summed E-state index contributed by atoms with van der Waals surface area (Å²) >= 11 is 0. The topological polar surface area (TPSA) is 55.8 Å². The van der Waals surface area contributed by atoms with Crippen molar-refractivity contribution in [2.24, 2.45) is 0 Å². The first-order valence-electron chi connectivity index (χ1n) is 8.03. The molecule has 5 nitrogen and oxygen atoms in total. The van der Waals surface area contributed by atoms with E-state index in [1.807, 2.05) is 51.1 Å². The highest BCUT2D eigenvalue weighted by atomic mass is 31.2. The maximum absolute atomic E-state index is 13.2. The van der Waals surface area contributed by atoms with Crippen LogP contribution in [0.15, 0.2) is 30.3 Å². The van der Waals surface area contributed by atoms with Gasteiger partial charge in [-0.05, 0) is 40.2 Å². The summed E-state index contributed by atoms with van der Waals surface area (Å²) in [6, 6.07) is 9.36. The molecule has 1 aromatic rings. The van der Waals surface area contributed by atoms with E-state index in [2.05, 4.69) is 0 Å². The van der Waals surface area contributed by atoms with Crippen LogP contribution in [0.25, 0.3) is 0 Å². The van der Waals surface area contributed by atoms with Crippen LogP contribution in [0.5, 0.6) is 0 Å². The number of hydrogen-bond acceptors (Lipinski definition) is 4. The number of rotatable bonds is 6. The number of amides is 1. The zero-order valence-corrected chi connectivity index (χ0v) is 15.4. The van der Waals surface area contributed by atoms with E-state index in [1.165, 1.54) is 0 Å². The minimum Gasteiger partial charge on any atom is -0.328 e. The fourth-order valence-electron chi connectivity index (χ4n) is 3.07. The molecule has 0 aliphatic carbocycles. The van der Waals surface area contributed by atoms with Crippen molar-refractivity contribution in [1.29, 1.82) is 0 Å². The highest BCUT2D eigenvalue weighted by Gasteiger charge is 2.61. The van der Waals surface area contributed by atoms with Gasteiger partial charge in [0.25, 0.3) is 0 Å². The van der Waals surface area contributed by atoms with Gasteiger partial charge in [-0.3, -0.25) is 9.36 Å². The summed E-state index contributed by atoms with van der Waals surface area (Å²) in [5.41, 5.74) is -0.187. The fourth-order valence-corrected chi connectivity index (χ4v) is 5.23. The Morgan fingerprint density at radius 1 is 1.09 bits per heavy atom. The van der Waals surface area contributed by atoms with Gasteiger partial charge in [0.2, 0.25) is 5.91 Å². The molecule has 0 aromatic heterocycles. The van der Waals surface area contributed by atoms with Crippen molar-refractivity contribution in [1.82, 2.24) is 4.90 Å². The minimum absolute atomic E-state index is 0.170. The van der Waals surface area contributed by atoms with Crippen LogP contribution in [0.4, 0.5) is 0 Å². The number of benzene rings is 1. The highest BCUT2D eigenvalue weighted by Crippen LogP contribution is 2.63. The predicted octanol–water partition coefficient (Wildman–Crippen LogP) is 4.00.